The van der Waals surface area contributed by atoms with Crippen LogP contribution in [0.25, 0.3) is 5.69 Å². The third-order valence-corrected chi connectivity index (χ3v) is 2.49. The molecular formula is C9H7BrFN3O. The standard InChI is InChI=1S/C9H7BrFN3O/c10-7-2-1-3-8(9(7)11)14-4-6(5-15)12-13-14/h1-4,15H,5H2. The third kappa shape index (κ3) is 1.91. The first kappa shape index (κ1) is 10.3. The summed E-state index contributed by atoms with van der Waals surface area (Å²) in [6, 6.07) is 4.88. The zero-order chi connectivity index (χ0) is 10.8. The number of nitrogens with zero attached hydrogens (tertiary/aromatic N) is 3. The van der Waals surface area contributed by atoms with Gasteiger partial charge in [-0.2, -0.15) is 0 Å². The number of hydrogen-bond donors (Lipinski definition) is 1. The maximum Gasteiger partial charge on any atom is 0.163 e. The molecule has 1 aromatic carbocycles. The van der Waals surface area contributed by atoms with Gasteiger partial charge in [0.15, 0.2) is 5.82 Å². The summed E-state index contributed by atoms with van der Waals surface area (Å²) < 4.78 is 15.2. The fourth-order valence-electron chi connectivity index (χ4n) is 1.16. The Balaban J connectivity index is 2.49. The topological polar surface area (TPSA) is 50.9 Å². The molecule has 6 heteroatoms. The zero-order valence-corrected chi connectivity index (χ0v) is 9.15. The lowest BCUT2D eigenvalue weighted by atomic mass is 10.3. The monoisotopic (exact) mass is 271 g/mol. The van der Waals surface area contributed by atoms with Crippen LogP contribution in [0.1, 0.15) is 5.69 Å². The molecule has 0 radical (unpaired) electrons. The molecule has 0 amide bonds. The average molecular weight is 272 g/mol. The van der Waals surface area contributed by atoms with Gasteiger partial charge in [0.25, 0.3) is 0 Å². The predicted molar refractivity (Wildman–Crippen MR) is 54.9 cm³/mol. The van der Waals surface area contributed by atoms with Gasteiger partial charge in [0.1, 0.15) is 11.4 Å². The number of rotatable bonds is 2. The largest absolute Gasteiger partial charge is 0.390 e. The van der Waals surface area contributed by atoms with Gasteiger partial charge in [-0.25, -0.2) is 9.07 Å². The Bertz CT molecular complexity index is 486. The Labute approximate surface area is 93.5 Å². The lowest BCUT2D eigenvalue weighted by Crippen LogP contribution is -1.98. The molecule has 15 heavy (non-hydrogen) atoms. The second-order valence-corrected chi connectivity index (χ2v) is 3.74. The van der Waals surface area contributed by atoms with Crippen molar-refractivity contribution in [3.63, 3.8) is 0 Å². The zero-order valence-electron chi connectivity index (χ0n) is 7.56. The molecule has 0 unspecified atom stereocenters. The molecule has 0 saturated heterocycles. The fourth-order valence-corrected chi connectivity index (χ4v) is 1.51. The van der Waals surface area contributed by atoms with E-state index in [1.54, 1.807) is 18.2 Å². The number of aromatic nitrogens is 3. The van der Waals surface area contributed by atoms with Crippen molar-refractivity contribution in [1.29, 1.82) is 0 Å². The van der Waals surface area contributed by atoms with Gasteiger partial charge in [-0.05, 0) is 28.1 Å². The molecule has 0 aliphatic rings. The summed E-state index contributed by atoms with van der Waals surface area (Å²) in [5, 5.41) is 16.2. The predicted octanol–water partition coefficient (Wildman–Crippen LogP) is 1.66. The van der Waals surface area contributed by atoms with Gasteiger partial charge in [0.05, 0.1) is 17.3 Å². The molecular weight excluding hydrogens is 265 g/mol. The van der Waals surface area contributed by atoms with Crippen LogP contribution in [0.5, 0.6) is 0 Å². The first-order valence-corrected chi connectivity index (χ1v) is 4.98. The molecule has 1 aromatic heterocycles. The molecule has 4 nitrogen and oxygen atoms in total. The summed E-state index contributed by atoms with van der Waals surface area (Å²) in [6.45, 7) is -0.213. The maximum atomic E-state index is 13.6. The Morgan fingerprint density at radius 1 is 1.47 bits per heavy atom. The maximum absolute atomic E-state index is 13.6. The van der Waals surface area contributed by atoms with Crippen LogP contribution in [0.4, 0.5) is 4.39 Å². The van der Waals surface area contributed by atoms with E-state index in [2.05, 4.69) is 26.2 Å². The van der Waals surface area contributed by atoms with E-state index in [1.807, 2.05) is 0 Å². The molecule has 2 aromatic rings. The Hall–Kier alpha value is -1.27. The Kier molecular flexibility index (Phi) is 2.79. The summed E-state index contributed by atoms with van der Waals surface area (Å²) >= 11 is 3.08. The van der Waals surface area contributed by atoms with Crippen LogP contribution in [0, 0.1) is 5.82 Å². The van der Waals surface area contributed by atoms with E-state index in [-0.39, 0.29) is 12.3 Å². The van der Waals surface area contributed by atoms with Gasteiger partial charge in [0.2, 0.25) is 0 Å². The van der Waals surface area contributed by atoms with E-state index in [4.69, 9.17) is 5.11 Å². The van der Waals surface area contributed by atoms with Gasteiger partial charge in [-0.3, -0.25) is 0 Å². The molecule has 0 bridgehead atoms. The second-order valence-electron chi connectivity index (χ2n) is 2.89. The fraction of sp³-hybridized carbons (Fsp3) is 0.111. The van der Waals surface area contributed by atoms with E-state index in [0.29, 0.717) is 10.2 Å². The summed E-state index contributed by atoms with van der Waals surface area (Å²) in [4.78, 5) is 0. The van der Waals surface area contributed by atoms with Gasteiger partial charge in [-0.15, -0.1) is 5.10 Å². The molecule has 0 aliphatic heterocycles. The summed E-state index contributed by atoms with van der Waals surface area (Å²) in [6.07, 6.45) is 1.48. The quantitative estimate of drug-likeness (QED) is 0.904. The van der Waals surface area contributed by atoms with E-state index in [9.17, 15) is 4.39 Å². The highest BCUT2D eigenvalue weighted by Gasteiger charge is 2.09. The van der Waals surface area contributed by atoms with E-state index < -0.39 is 5.82 Å². The first-order valence-electron chi connectivity index (χ1n) is 4.19. The number of aliphatic hydroxyl groups excluding tert-OH is 1. The van der Waals surface area contributed by atoms with Gasteiger partial charge in [-0.1, -0.05) is 11.3 Å². The highest BCUT2D eigenvalue weighted by Crippen LogP contribution is 2.21. The second kappa shape index (κ2) is 4.08. The Morgan fingerprint density at radius 2 is 2.27 bits per heavy atom. The van der Waals surface area contributed by atoms with Crippen molar-refractivity contribution in [3.05, 3.63) is 40.4 Å². The third-order valence-electron chi connectivity index (χ3n) is 1.88. The first-order chi connectivity index (χ1) is 7.22. The van der Waals surface area contributed by atoms with Crippen LogP contribution >= 0.6 is 15.9 Å². The summed E-state index contributed by atoms with van der Waals surface area (Å²) in [7, 11) is 0. The van der Waals surface area contributed by atoms with Crippen LogP contribution in [0.15, 0.2) is 28.9 Å². The molecule has 0 fully saturated rings. The molecule has 0 spiro atoms. The van der Waals surface area contributed by atoms with E-state index in [0.717, 1.165) is 0 Å². The smallest absolute Gasteiger partial charge is 0.163 e. The van der Waals surface area contributed by atoms with Crippen LogP contribution < -0.4 is 0 Å². The highest BCUT2D eigenvalue weighted by molar-refractivity contribution is 9.10. The van der Waals surface area contributed by atoms with Crippen molar-refractivity contribution in [2.45, 2.75) is 6.61 Å². The molecule has 1 heterocycles. The van der Waals surface area contributed by atoms with Crippen molar-refractivity contribution in [2.24, 2.45) is 0 Å². The van der Waals surface area contributed by atoms with Gasteiger partial charge >= 0.3 is 0 Å². The van der Waals surface area contributed by atoms with E-state index >= 15 is 0 Å². The normalized spacial score (nSPS) is 10.6. The van der Waals surface area contributed by atoms with Crippen LogP contribution in [0.2, 0.25) is 0 Å². The molecule has 0 atom stereocenters. The average Bonchev–Trinajstić information content (AvgIpc) is 2.70. The molecule has 78 valence electrons. The minimum absolute atomic E-state index is 0.213. The minimum atomic E-state index is -0.410. The van der Waals surface area contributed by atoms with Crippen LogP contribution in [0.3, 0.4) is 0 Å². The van der Waals surface area contributed by atoms with Crippen molar-refractivity contribution in [3.8, 4) is 5.69 Å². The lowest BCUT2D eigenvalue weighted by Gasteiger charge is -2.02. The SMILES string of the molecule is OCc1cn(-c2cccc(Br)c2F)nn1. The Morgan fingerprint density at radius 3 is 2.93 bits per heavy atom. The van der Waals surface area contributed by atoms with Crippen molar-refractivity contribution in [1.82, 2.24) is 15.0 Å². The molecule has 0 saturated carbocycles. The van der Waals surface area contributed by atoms with Crippen molar-refractivity contribution < 1.29 is 9.50 Å². The van der Waals surface area contributed by atoms with Gasteiger partial charge in [0, 0.05) is 0 Å². The summed E-state index contributed by atoms with van der Waals surface area (Å²) in [5.41, 5.74) is 0.686. The minimum Gasteiger partial charge on any atom is -0.390 e. The summed E-state index contributed by atoms with van der Waals surface area (Å²) in [5.74, 6) is -0.410. The molecule has 1 N–H and O–H groups in total. The van der Waals surface area contributed by atoms with E-state index in [1.165, 1.54) is 10.9 Å². The number of aliphatic hydroxyl groups is 1. The number of halogens is 2. The van der Waals surface area contributed by atoms with Crippen LogP contribution in [-0.4, -0.2) is 20.1 Å². The van der Waals surface area contributed by atoms with Crippen LogP contribution in [-0.2, 0) is 6.61 Å². The van der Waals surface area contributed by atoms with Gasteiger partial charge < -0.3 is 5.11 Å². The van der Waals surface area contributed by atoms with Crippen molar-refractivity contribution in [2.75, 3.05) is 0 Å². The number of hydrogen-bond acceptors (Lipinski definition) is 3. The van der Waals surface area contributed by atoms with Crippen molar-refractivity contribution >= 4 is 15.9 Å². The highest BCUT2D eigenvalue weighted by atomic mass is 79.9. The lowest BCUT2D eigenvalue weighted by molar-refractivity contribution is 0.276. The molecule has 2 rings (SSSR count). The number of benzene rings is 1. The molecule has 0 aliphatic carbocycles.